The van der Waals surface area contributed by atoms with Gasteiger partial charge in [-0.1, -0.05) is 59.6 Å². The van der Waals surface area contributed by atoms with Gasteiger partial charge in [-0.2, -0.15) is 0 Å². The highest BCUT2D eigenvalue weighted by molar-refractivity contribution is 6.41. The number of benzene rings is 2. The van der Waals surface area contributed by atoms with Crippen molar-refractivity contribution in [1.29, 1.82) is 0 Å². The van der Waals surface area contributed by atoms with Crippen LogP contribution in [0.2, 0.25) is 10.2 Å². The Morgan fingerprint density at radius 1 is 1.07 bits per heavy atom. The van der Waals surface area contributed by atoms with E-state index in [4.69, 9.17) is 23.2 Å². The van der Waals surface area contributed by atoms with E-state index in [0.29, 0.717) is 22.4 Å². The van der Waals surface area contributed by atoms with Crippen LogP contribution in [0, 0.1) is 0 Å². The molecule has 4 rings (SSSR count). The average Bonchev–Trinajstić information content (AvgIpc) is 3.23. The molecule has 5 nitrogen and oxygen atoms in total. The molecular formula is C21H18Cl2N4O. The minimum Gasteiger partial charge on any atom is -0.347 e. The molecule has 0 aliphatic carbocycles. The molecule has 2 heterocycles. The number of nitrogens with one attached hydrogen (secondary N) is 1. The molecular weight excluding hydrogens is 395 g/mol. The highest BCUT2D eigenvalue weighted by atomic mass is 35.5. The van der Waals surface area contributed by atoms with Crippen molar-refractivity contribution in [3.8, 4) is 0 Å². The van der Waals surface area contributed by atoms with Gasteiger partial charge in [-0.05, 0) is 29.3 Å². The number of hydrogen-bond acceptors (Lipinski definition) is 2. The Kier molecular flexibility index (Phi) is 5.11. The number of fused-ring (bicyclic) bond motifs is 1. The summed E-state index contributed by atoms with van der Waals surface area (Å²) in [6.07, 6.45) is 1.86. The van der Waals surface area contributed by atoms with Crippen LogP contribution in [-0.2, 0) is 20.1 Å². The zero-order valence-corrected chi connectivity index (χ0v) is 16.7. The van der Waals surface area contributed by atoms with Crippen LogP contribution in [-0.4, -0.2) is 20.0 Å². The van der Waals surface area contributed by atoms with Crippen LogP contribution in [0.3, 0.4) is 0 Å². The van der Waals surface area contributed by atoms with E-state index in [1.807, 2.05) is 36.7 Å². The number of hydrogen-bond donors (Lipinski definition) is 1. The molecule has 0 aliphatic rings. The fraction of sp³-hybridized carbons (Fsp3) is 0.143. The standard InChI is InChI=1S/C21H18Cl2N4O/c1-26-19(10-16(22)20(26)23)21(28)24-11-14-6-8-15(9-7-14)12-27-13-25-17-4-2-3-5-18(17)27/h2-10,13H,11-12H2,1H3,(H,24,28). The molecule has 0 saturated heterocycles. The van der Waals surface area contributed by atoms with Crippen molar-refractivity contribution in [2.24, 2.45) is 7.05 Å². The Morgan fingerprint density at radius 3 is 2.50 bits per heavy atom. The molecule has 0 radical (unpaired) electrons. The van der Waals surface area contributed by atoms with Crippen molar-refractivity contribution in [3.05, 3.63) is 87.9 Å². The average molecular weight is 413 g/mol. The normalized spacial score (nSPS) is 11.1. The summed E-state index contributed by atoms with van der Waals surface area (Å²) < 4.78 is 3.69. The van der Waals surface area contributed by atoms with Crippen molar-refractivity contribution >= 4 is 40.1 Å². The largest absolute Gasteiger partial charge is 0.347 e. The van der Waals surface area contributed by atoms with Crippen molar-refractivity contribution in [2.45, 2.75) is 13.1 Å². The number of aromatic nitrogens is 3. The molecule has 2 aromatic heterocycles. The zero-order chi connectivity index (χ0) is 19.7. The molecule has 4 aromatic rings. The molecule has 0 saturated carbocycles. The summed E-state index contributed by atoms with van der Waals surface area (Å²) in [7, 11) is 1.71. The lowest BCUT2D eigenvalue weighted by Gasteiger charge is -2.08. The van der Waals surface area contributed by atoms with E-state index in [2.05, 4.69) is 33.1 Å². The maximum Gasteiger partial charge on any atom is 0.268 e. The maximum absolute atomic E-state index is 12.3. The lowest BCUT2D eigenvalue weighted by atomic mass is 10.1. The van der Waals surface area contributed by atoms with E-state index in [1.54, 1.807) is 17.7 Å². The summed E-state index contributed by atoms with van der Waals surface area (Å²) in [6, 6.07) is 17.8. The molecule has 0 atom stereocenters. The number of amides is 1. The molecule has 0 unspecified atom stereocenters. The second kappa shape index (κ2) is 7.70. The van der Waals surface area contributed by atoms with E-state index >= 15 is 0 Å². The van der Waals surface area contributed by atoms with Crippen LogP contribution in [0.5, 0.6) is 0 Å². The van der Waals surface area contributed by atoms with Gasteiger partial charge in [-0.15, -0.1) is 0 Å². The molecule has 2 aromatic carbocycles. The Hall–Kier alpha value is -2.76. The molecule has 28 heavy (non-hydrogen) atoms. The summed E-state index contributed by atoms with van der Waals surface area (Å²) in [4.78, 5) is 16.8. The van der Waals surface area contributed by atoms with Gasteiger partial charge in [0.15, 0.2) is 0 Å². The Labute approximate surface area is 172 Å². The Bertz CT molecular complexity index is 1150. The van der Waals surface area contributed by atoms with Crippen LogP contribution >= 0.6 is 23.2 Å². The third-order valence-electron chi connectivity index (χ3n) is 4.71. The van der Waals surface area contributed by atoms with Gasteiger partial charge in [-0.3, -0.25) is 4.79 Å². The third kappa shape index (κ3) is 3.63. The summed E-state index contributed by atoms with van der Waals surface area (Å²) in [5, 5.41) is 3.61. The van der Waals surface area contributed by atoms with Gasteiger partial charge in [-0.25, -0.2) is 4.98 Å². The first-order chi connectivity index (χ1) is 13.5. The van der Waals surface area contributed by atoms with Gasteiger partial charge in [0.1, 0.15) is 10.8 Å². The van der Waals surface area contributed by atoms with E-state index in [-0.39, 0.29) is 5.91 Å². The van der Waals surface area contributed by atoms with Gasteiger partial charge >= 0.3 is 0 Å². The van der Waals surface area contributed by atoms with Gasteiger partial charge in [0.2, 0.25) is 0 Å². The molecule has 0 fully saturated rings. The quantitative estimate of drug-likeness (QED) is 0.518. The van der Waals surface area contributed by atoms with Crippen LogP contribution in [0.1, 0.15) is 21.6 Å². The highest BCUT2D eigenvalue weighted by Gasteiger charge is 2.15. The molecule has 0 aliphatic heterocycles. The van der Waals surface area contributed by atoms with Gasteiger partial charge in [0.05, 0.1) is 22.4 Å². The van der Waals surface area contributed by atoms with Crippen molar-refractivity contribution in [3.63, 3.8) is 0 Å². The fourth-order valence-electron chi connectivity index (χ4n) is 3.13. The number of halogens is 2. The van der Waals surface area contributed by atoms with Crippen LogP contribution in [0.4, 0.5) is 0 Å². The van der Waals surface area contributed by atoms with Gasteiger partial charge < -0.3 is 14.5 Å². The first-order valence-corrected chi connectivity index (χ1v) is 9.55. The summed E-state index contributed by atoms with van der Waals surface area (Å²) in [6.45, 7) is 1.17. The van der Waals surface area contributed by atoms with Crippen molar-refractivity contribution in [2.75, 3.05) is 0 Å². The van der Waals surface area contributed by atoms with Crippen molar-refractivity contribution in [1.82, 2.24) is 19.4 Å². The lowest BCUT2D eigenvalue weighted by molar-refractivity contribution is 0.0943. The van der Waals surface area contributed by atoms with Gasteiger partial charge in [0, 0.05) is 20.1 Å². The predicted octanol–water partition coefficient (Wildman–Crippen LogP) is 4.66. The minimum atomic E-state index is -0.217. The second-order valence-corrected chi connectivity index (χ2v) is 7.35. The second-order valence-electron chi connectivity index (χ2n) is 6.59. The molecule has 7 heteroatoms. The van der Waals surface area contributed by atoms with E-state index in [0.717, 1.165) is 23.1 Å². The van der Waals surface area contributed by atoms with Crippen molar-refractivity contribution < 1.29 is 4.79 Å². The molecule has 1 N–H and O–H groups in total. The number of carbonyl (C=O) groups excluding carboxylic acids is 1. The van der Waals surface area contributed by atoms with Crippen LogP contribution < -0.4 is 5.32 Å². The van der Waals surface area contributed by atoms with E-state index < -0.39 is 0 Å². The van der Waals surface area contributed by atoms with E-state index in [1.165, 1.54) is 5.56 Å². The molecule has 0 bridgehead atoms. The summed E-state index contributed by atoms with van der Waals surface area (Å²) in [5.74, 6) is -0.217. The first kappa shape index (κ1) is 18.6. The number of nitrogens with zero attached hydrogens (tertiary/aromatic N) is 3. The lowest BCUT2D eigenvalue weighted by Crippen LogP contribution is -2.24. The molecule has 1 amide bonds. The fourth-order valence-corrected chi connectivity index (χ4v) is 3.50. The Morgan fingerprint density at radius 2 is 1.79 bits per heavy atom. The number of carbonyl (C=O) groups is 1. The zero-order valence-electron chi connectivity index (χ0n) is 15.2. The molecule has 0 spiro atoms. The number of imidazole rings is 1. The topological polar surface area (TPSA) is 51.9 Å². The third-order valence-corrected chi connectivity index (χ3v) is 5.55. The van der Waals surface area contributed by atoms with E-state index in [9.17, 15) is 4.79 Å². The smallest absolute Gasteiger partial charge is 0.268 e. The molecule has 142 valence electrons. The maximum atomic E-state index is 12.3. The number of para-hydroxylation sites is 2. The monoisotopic (exact) mass is 412 g/mol. The Balaban J connectivity index is 1.40. The summed E-state index contributed by atoms with van der Waals surface area (Å²) >= 11 is 12.0. The SMILES string of the molecule is Cn1c(C(=O)NCc2ccc(Cn3cnc4ccccc43)cc2)cc(Cl)c1Cl. The predicted molar refractivity (Wildman–Crippen MR) is 112 cm³/mol. The number of rotatable bonds is 5. The highest BCUT2D eigenvalue weighted by Crippen LogP contribution is 2.25. The first-order valence-electron chi connectivity index (χ1n) is 8.79. The van der Waals surface area contributed by atoms with Crippen LogP contribution in [0.25, 0.3) is 11.0 Å². The summed E-state index contributed by atoms with van der Waals surface area (Å²) in [5.41, 5.74) is 4.71. The van der Waals surface area contributed by atoms with Crippen LogP contribution in [0.15, 0.2) is 60.9 Å². The van der Waals surface area contributed by atoms with Gasteiger partial charge in [0.25, 0.3) is 5.91 Å². The minimum absolute atomic E-state index is 0.217.